The predicted molar refractivity (Wildman–Crippen MR) is 156 cm³/mol. The Bertz CT molecular complexity index is 1630. The number of halogens is 6. The summed E-state index contributed by atoms with van der Waals surface area (Å²) in [4.78, 5) is 27.6. The van der Waals surface area contributed by atoms with Crippen LogP contribution in [0.1, 0.15) is 30.7 Å². The van der Waals surface area contributed by atoms with Crippen LogP contribution in [0.2, 0.25) is 0 Å². The largest absolute Gasteiger partial charge is 0.497 e. The van der Waals surface area contributed by atoms with Crippen LogP contribution < -0.4 is 15.4 Å². The smallest absolute Gasteiger partial charge is 0.416 e. The number of ether oxygens (including phenoxy) is 1. The second-order valence-corrected chi connectivity index (χ2v) is 10.3. The summed E-state index contributed by atoms with van der Waals surface area (Å²) in [6.07, 6.45) is -10.2. The van der Waals surface area contributed by atoms with E-state index in [9.17, 15) is 35.9 Å². The lowest BCUT2D eigenvalue weighted by atomic mass is 10.1. The fraction of sp³-hybridized carbons (Fsp3) is 0.258. The first-order valence-corrected chi connectivity index (χ1v) is 13.5. The number of rotatable bonds is 8. The Kier molecular flexibility index (Phi) is 9.45. The lowest BCUT2D eigenvalue weighted by Gasteiger charge is -2.27. The van der Waals surface area contributed by atoms with Crippen molar-refractivity contribution < 1.29 is 40.7 Å². The van der Waals surface area contributed by atoms with Gasteiger partial charge in [-0.15, -0.1) is 0 Å². The van der Waals surface area contributed by atoms with Crippen LogP contribution in [0.4, 0.5) is 42.6 Å². The van der Waals surface area contributed by atoms with E-state index in [2.05, 4.69) is 15.7 Å². The molecule has 0 atom stereocenters. The van der Waals surface area contributed by atoms with Crippen molar-refractivity contribution in [3.8, 4) is 22.6 Å². The number of alkyl halides is 6. The van der Waals surface area contributed by atoms with Crippen LogP contribution >= 0.6 is 0 Å². The maximum atomic E-state index is 13.4. The molecule has 2 N–H and O–H groups in total. The zero-order valence-electron chi connectivity index (χ0n) is 24.5. The molecule has 0 aliphatic carbocycles. The fourth-order valence-electron chi connectivity index (χ4n) is 4.54. The van der Waals surface area contributed by atoms with E-state index in [-0.39, 0.29) is 11.9 Å². The van der Waals surface area contributed by atoms with Gasteiger partial charge in [0.1, 0.15) is 18.1 Å². The molecule has 1 heterocycles. The first-order chi connectivity index (χ1) is 21.1. The summed E-state index contributed by atoms with van der Waals surface area (Å²) in [5, 5.41) is 9.49. The van der Waals surface area contributed by atoms with Gasteiger partial charge < -0.3 is 20.3 Å². The average Bonchev–Trinajstić information content (AvgIpc) is 3.30. The van der Waals surface area contributed by atoms with Crippen LogP contribution in [0.3, 0.4) is 0 Å². The first-order valence-electron chi connectivity index (χ1n) is 13.5. The molecule has 0 aliphatic heterocycles. The van der Waals surface area contributed by atoms with Gasteiger partial charge in [-0.05, 0) is 68.8 Å². The lowest BCUT2D eigenvalue weighted by molar-refractivity contribution is -0.143. The van der Waals surface area contributed by atoms with Crippen LogP contribution in [0.5, 0.6) is 5.75 Å². The van der Waals surface area contributed by atoms with Crippen molar-refractivity contribution >= 4 is 23.4 Å². The van der Waals surface area contributed by atoms with E-state index in [0.29, 0.717) is 34.8 Å². The zero-order valence-corrected chi connectivity index (χ0v) is 24.5. The molecule has 0 saturated heterocycles. The highest BCUT2D eigenvalue weighted by atomic mass is 19.4. The van der Waals surface area contributed by atoms with E-state index in [1.54, 1.807) is 45.0 Å². The van der Waals surface area contributed by atoms with E-state index < -0.39 is 53.7 Å². The molecule has 3 aromatic carbocycles. The van der Waals surface area contributed by atoms with Gasteiger partial charge in [-0.3, -0.25) is 4.79 Å². The molecule has 4 aromatic rings. The quantitative estimate of drug-likeness (QED) is 0.194. The molecule has 0 bridgehead atoms. The minimum absolute atomic E-state index is 0.0401. The van der Waals surface area contributed by atoms with Gasteiger partial charge in [0.15, 0.2) is 0 Å². The van der Waals surface area contributed by atoms with Crippen LogP contribution in [0, 0.1) is 6.92 Å². The molecule has 0 saturated carbocycles. The maximum Gasteiger partial charge on any atom is 0.416 e. The molecule has 45 heavy (non-hydrogen) atoms. The van der Waals surface area contributed by atoms with E-state index in [0.717, 1.165) is 10.5 Å². The Morgan fingerprint density at radius 3 is 1.98 bits per heavy atom. The summed E-state index contributed by atoms with van der Waals surface area (Å²) in [7, 11) is 1.52. The number of anilines is 2. The number of methoxy groups -OCH3 is 1. The minimum Gasteiger partial charge on any atom is -0.497 e. The van der Waals surface area contributed by atoms with E-state index >= 15 is 0 Å². The fourth-order valence-corrected chi connectivity index (χ4v) is 4.54. The van der Waals surface area contributed by atoms with Crippen LogP contribution in [-0.2, 0) is 17.1 Å². The second kappa shape index (κ2) is 12.9. The van der Waals surface area contributed by atoms with Gasteiger partial charge in [-0.25, -0.2) is 9.48 Å². The summed E-state index contributed by atoms with van der Waals surface area (Å²) >= 11 is 0. The zero-order chi connectivity index (χ0) is 33.1. The van der Waals surface area contributed by atoms with Crippen LogP contribution in [0.15, 0.2) is 72.8 Å². The topological polar surface area (TPSA) is 88.5 Å². The average molecular weight is 634 g/mol. The SMILES string of the molecule is COc1ccc(-n2nc(C)c(-c3ccccc3)c2NC(=O)CN(C(=O)Nc2cc(C(F)(F)F)cc(C(F)(F)F)c2)C(C)C)cc1. The molecule has 8 nitrogen and oxygen atoms in total. The van der Waals surface area contributed by atoms with Gasteiger partial charge >= 0.3 is 18.4 Å². The molecule has 1 aromatic heterocycles. The summed E-state index contributed by atoms with van der Waals surface area (Å²) in [5.74, 6) is 0.189. The summed E-state index contributed by atoms with van der Waals surface area (Å²) < 4.78 is 86.7. The number of amides is 3. The van der Waals surface area contributed by atoms with Gasteiger partial charge in [0.05, 0.1) is 29.6 Å². The molecular formula is C31H29F6N5O3. The monoisotopic (exact) mass is 633 g/mol. The molecule has 14 heteroatoms. The molecule has 4 rings (SSSR count). The first kappa shape index (κ1) is 32.9. The van der Waals surface area contributed by atoms with Gasteiger partial charge in [0.25, 0.3) is 0 Å². The Morgan fingerprint density at radius 1 is 0.889 bits per heavy atom. The van der Waals surface area contributed by atoms with Gasteiger partial charge in [-0.1, -0.05) is 30.3 Å². The summed E-state index contributed by atoms with van der Waals surface area (Å²) in [5.41, 5.74) is -1.39. The Balaban J connectivity index is 1.64. The molecule has 0 radical (unpaired) electrons. The van der Waals surface area contributed by atoms with Crippen molar-refractivity contribution in [2.75, 3.05) is 24.3 Å². The van der Waals surface area contributed by atoms with Crippen LogP contribution in [0.25, 0.3) is 16.8 Å². The number of aryl methyl sites for hydroxylation is 1. The Hall–Kier alpha value is -5.01. The second-order valence-electron chi connectivity index (χ2n) is 10.3. The van der Waals surface area contributed by atoms with E-state index in [4.69, 9.17) is 4.74 Å². The van der Waals surface area contributed by atoms with E-state index in [1.807, 2.05) is 30.3 Å². The number of nitrogens with one attached hydrogen (secondary N) is 2. The third kappa shape index (κ3) is 7.75. The van der Waals surface area contributed by atoms with Gasteiger partial charge in [0, 0.05) is 17.3 Å². The molecule has 0 fully saturated rings. The number of nitrogens with zero attached hydrogens (tertiary/aromatic N) is 3. The lowest BCUT2D eigenvalue weighted by Crippen LogP contribution is -2.44. The van der Waals surface area contributed by atoms with E-state index in [1.165, 1.54) is 11.8 Å². The van der Waals surface area contributed by atoms with Crippen molar-refractivity contribution in [1.29, 1.82) is 0 Å². The Labute approximate surface area is 254 Å². The van der Waals surface area contributed by atoms with Gasteiger partial charge in [-0.2, -0.15) is 31.4 Å². The third-order valence-corrected chi connectivity index (χ3v) is 6.73. The van der Waals surface area contributed by atoms with Crippen molar-refractivity contribution in [1.82, 2.24) is 14.7 Å². The highest BCUT2D eigenvalue weighted by Gasteiger charge is 2.37. The molecular weight excluding hydrogens is 604 g/mol. The van der Waals surface area contributed by atoms with Crippen molar-refractivity contribution in [2.24, 2.45) is 0 Å². The highest BCUT2D eigenvalue weighted by molar-refractivity contribution is 5.99. The summed E-state index contributed by atoms with van der Waals surface area (Å²) in [6, 6.07) is 15.0. The molecule has 3 amide bonds. The number of benzene rings is 3. The highest BCUT2D eigenvalue weighted by Crippen LogP contribution is 2.38. The molecule has 0 unspecified atom stereocenters. The van der Waals surface area contributed by atoms with Crippen molar-refractivity contribution in [2.45, 2.75) is 39.2 Å². The van der Waals surface area contributed by atoms with Crippen LogP contribution in [-0.4, -0.2) is 46.3 Å². The summed E-state index contributed by atoms with van der Waals surface area (Å²) in [6.45, 7) is 4.26. The normalized spacial score (nSPS) is 11.8. The van der Waals surface area contributed by atoms with Crippen molar-refractivity contribution in [3.05, 3.63) is 89.6 Å². The number of carbonyl (C=O) groups excluding carboxylic acids is 2. The standard InChI is InChI=1S/C31H29F6N5O3/c1-18(2)41(29(44)38-23-15-21(30(32,33)34)14-22(16-23)31(35,36)37)17-26(43)39-28-27(20-8-6-5-7-9-20)19(3)40-42(28)24-10-12-25(45-4)13-11-24/h5-16,18H,17H2,1-4H3,(H,38,44)(H,39,43). The number of aromatic nitrogens is 2. The molecule has 0 spiro atoms. The van der Waals surface area contributed by atoms with Crippen molar-refractivity contribution in [3.63, 3.8) is 0 Å². The molecule has 0 aliphatic rings. The van der Waals surface area contributed by atoms with Gasteiger partial charge in [0.2, 0.25) is 5.91 Å². The number of hydrogen-bond donors (Lipinski definition) is 2. The third-order valence-electron chi connectivity index (χ3n) is 6.73. The number of carbonyl (C=O) groups is 2. The number of urea groups is 1. The predicted octanol–water partition coefficient (Wildman–Crippen LogP) is 7.77. The maximum absolute atomic E-state index is 13.4. The minimum atomic E-state index is -5.10. The number of hydrogen-bond acceptors (Lipinski definition) is 4. The Morgan fingerprint density at radius 2 is 1.47 bits per heavy atom. The molecule has 238 valence electrons.